The number of halogens is 1. The molecule has 0 aromatic rings. The Balaban J connectivity index is 2.30. The maximum absolute atomic E-state index is 2.52. The average molecular weight is 238 g/mol. The smallest absolute Gasteiger partial charge is 0.00262 e. The summed E-state index contributed by atoms with van der Waals surface area (Å²) >= 11 is 2.52. The van der Waals surface area contributed by atoms with Gasteiger partial charge in [-0.1, -0.05) is 48.8 Å². The van der Waals surface area contributed by atoms with Gasteiger partial charge in [0.05, 0.1) is 0 Å². The first-order valence-electron chi connectivity index (χ1n) is 3.90. The van der Waals surface area contributed by atoms with E-state index in [1.165, 1.54) is 30.1 Å². The Labute approximate surface area is 71.5 Å². The van der Waals surface area contributed by atoms with Crippen LogP contribution in [0, 0.1) is 11.8 Å². The fourth-order valence-corrected chi connectivity index (χ4v) is 2.93. The van der Waals surface area contributed by atoms with E-state index >= 15 is 0 Å². The van der Waals surface area contributed by atoms with Gasteiger partial charge < -0.3 is 0 Å². The average Bonchev–Trinajstić information content (AvgIpc) is 1.89. The molecule has 0 radical (unpaired) electrons. The minimum absolute atomic E-state index is 1.01. The third-order valence-electron chi connectivity index (χ3n) is 2.49. The summed E-state index contributed by atoms with van der Waals surface area (Å²) in [6, 6.07) is 0. The van der Waals surface area contributed by atoms with Crippen molar-refractivity contribution in [3.63, 3.8) is 0 Å². The molecule has 1 heteroatoms. The minimum atomic E-state index is 1.01. The van der Waals surface area contributed by atoms with E-state index < -0.39 is 0 Å². The van der Waals surface area contributed by atoms with Crippen molar-refractivity contribution in [2.24, 2.45) is 11.8 Å². The third-order valence-corrected chi connectivity index (χ3v) is 3.62. The first-order valence-corrected chi connectivity index (χ1v) is 5.43. The molecular weight excluding hydrogens is 223 g/mol. The first kappa shape index (κ1) is 7.83. The van der Waals surface area contributed by atoms with Gasteiger partial charge in [0, 0.05) is 4.43 Å². The van der Waals surface area contributed by atoms with Crippen molar-refractivity contribution in [1.29, 1.82) is 0 Å². The molecule has 0 N–H and O–H groups in total. The maximum Gasteiger partial charge on any atom is 0.00262 e. The van der Waals surface area contributed by atoms with Gasteiger partial charge in [0.25, 0.3) is 0 Å². The predicted octanol–water partition coefficient (Wildman–Crippen LogP) is 3.25. The van der Waals surface area contributed by atoms with Gasteiger partial charge in [0.1, 0.15) is 0 Å². The summed E-state index contributed by atoms with van der Waals surface area (Å²) in [5, 5.41) is 0. The van der Waals surface area contributed by atoms with Gasteiger partial charge in [-0.15, -0.1) is 0 Å². The maximum atomic E-state index is 2.52. The van der Waals surface area contributed by atoms with Crippen LogP contribution in [0.15, 0.2) is 0 Å². The lowest BCUT2D eigenvalue weighted by Crippen LogP contribution is -2.17. The predicted molar refractivity (Wildman–Crippen MR) is 50.0 cm³/mol. The lowest BCUT2D eigenvalue weighted by Gasteiger charge is -2.26. The molecule has 0 aromatic carbocycles. The quantitative estimate of drug-likeness (QED) is 0.486. The molecule has 0 aromatic heterocycles. The van der Waals surface area contributed by atoms with Crippen LogP contribution in [0.2, 0.25) is 0 Å². The summed E-state index contributed by atoms with van der Waals surface area (Å²) in [7, 11) is 0. The molecule has 1 saturated carbocycles. The highest BCUT2D eigenvalue weighted by molar-refractivity contribution is 14.1. The number of rotatable bonds is 1. The SMILES string of the molecule is C[C@@H]1CCCCC1CI. The van der Waals surface area contributed by atoms with Crippen LogP contribution in [0.5, 0.6) is 0 Å². The van der Waals surface area contributed by atoms with Crippen LogP contribution in [-0.2, 0) is 0 Å². The van der Waals surface area contributed by atoms with Crippen LogP contribution in [0.1, 0.15) is 32.6 Å². The fraction of sp³-hybridized carbons (Fsp3) is 1.00. The normalized spacial score (nSPS) is 36.7. The van der Waals surface area contributed by atoms with Crippen molar-refractivity contribution in [2.45, 2.75) is 32.6 Å². The van der Waals surface area contributed by atoms with E-state index in [4.69, 9.17) is 0 Å². The number of alkyl halides is 1. The molecule has 1 aliphatic rings. The molecule has 0 aliphatic heterocycles. The van der Waals surface area contributed by atoms with Gasteiger partial charge in [-0.05, 0) is 18.3 Å². The molecule has 1 rings (SSSR count). The van der Waals surface area contributed by atoms with E-state index in [9.17, 15) is 0 Å². The molecular formula is C8H15I. The fourth-order valence-electron chi connectivity index (χ4n) is 1.62. The van der Waals surface area contributed by atoms with Crippen LogP contribution in [0.3, 0.4) is 0 Å². The zero-order chi connectivity index (χ0) is 6.69. The van der Waals surface area contributed by atoms with Crippen molar-refractivity contribution in [1.82, 2.24) is 0 Å². The molecule has 2 atom stereocenters. The Morgan fingerprint density at radius 3 is 2.44 bits per heavy atom. The van der Waals surface area contributed by atoms with Crippen LogP contribution >= 0.6 is 22.6 Å². The summed E-state index contributed by atoms with van der Waals surface area (Å²) in [4.78, 5) is 0. The molecule has 0 bridgehead atoms. The molecule has 0 nitrogen and oxygen atoms in total. The van der Waals surface area contributed by atoms with Gasteiger partial charge in [-0.2, -0.15) is 0 Å². The van der Waals surface area contributed by atoms with Gasteiger partial charge in [-0.3, -0.25) is 0 Å². The van der Waals surface area contributed by atoms with Crippen LogP contribution in [0.4, 0.5) is 0 Å². The second-order valence-corrected chi connectivity index (χ2v) is 4.06. The second kappa shape index (κ2) is 3.79. The van der Waals surface area contributed by atoms with Gasteiger partial charge in [-0.25, -0.2) is 0 Å². The molecule has 0 amide bonds. The summed E-state index contributed by atoms with van der Waals surface area (Å²) in [6.07, 6.45) is 5.93. The van der Waals surface area contributed by atoms with E-state index in [-0.39, 0.29) is 0 Å². The topological polar surface area (TPSA) is 0 Å². The van der Waals surface area contributed by atoms with E-state index in [0.29, 0.717) is 0 Å². The zero-order valence-electron chi connectivity index (χ0n) is 6.07. The van der Waals surface area contributed by atoms with Gasteiger partial charge >= 0.3 is 0 Å². The summed E-state index contributed by atoms with van der Waals surface area (Å²) < 4.78 is 1.37. The highest BCUT2D eigenvalue weighted by atomic mass is 127. The zero-order valence-corrected chi connectivity index (χ0v) is 8.23. The van der Waals surface area contributed by atoms with E-state index in [2.05, 4.69) is 29.5 Å². The molecule has 0 spiro atoms. The van der Waals surface area contributed by atoms with Gasteiger partial charge in [0.2, 0.25) is 0 Å². The van der Waals surface area contributed by atoms with E-state index in [1.807, 2.05) is 0 Å². The lowest BCUT2D eigenvalue weighted by atomic mass is 9.82. The Bertz CT molecular complexity index is 80.6. The largest absolute Gasteiger partial charge is 0.0861 e. The Hall–Kier alpha value is 0.730. The first-order chi connectivity index (χ1) is 4.34. The monoisotopic (exact) mass is 238 g/mol. The van der Waals surface area contributed by atoms with Crippen molar-refractivity contribution in [3.05, 3.63) is 0 Å². The van der Waals surface area contributed by atoms with Crippen LogP contribution < -0.4 is 0 Å². The van der Waals surface area contributed by atoms with Crippen LogP contribution in [0.25, 0.3) is 0 Å². The molecule has 1 fully saturated rings. The third kappa shape index (κ3) is 2.10. The van der Waals surface area contributed by atoms with Crippen molar-refractivity contribution >= 4 is 22.6 Å². The summed E-state index contributed by atoms with van der Waals surface area (Å²) in [5.41, 5.74) is 0. The lowest BCUT2D eigenvalue weighted by molar-refractivity contribution is 0.285. The Morgan fingerprint density at radius 1 is 1.33 bits per heavy atom. The summed E-state index contributed by atoms with van der Waals surface area (Å²) in [5.74, 6) is 2.05. The number of hydrogen-bond donors (Lipinski definition) is 0. The minimum Gasteiger partial charge on any atom is -0.0861 e. The second-order valence-electron chi connectivity index (χ2n) is 3.18. The number of hydrogen-bond acceptors (Lipinski definition) is 0. The molecule has 0 heterocycles. The standard InChI is InChI=1S/C8H15I/c1-7-4-2-3-5-8(7)6-9/h7-8H,2-6H2,1H3/t7-,8?/m1/s1. The van der Waals surface area contributed by atoms with Crippen molar-refractivity contribution in [3.8, 4) is 0 Å². The molecule has 54 valence electrons. The van der Waals surface area contributed by atoms with Crippen molar-refractivity contribution < 1.29 is 0 Å². The molecule has 9 heavy (non-hydrogen) atoms. The van der Waals surface area contributed by atoms with E-state index in [1.54, 1.807) is 0 Å². The molecule has 1 unspecified atom stereocenters. The Kier molecular flexibility index (Phi) is 3.30. The van der Waals surface area contributed by atoms with Crippen LogP contribution in [-0.4, -0.2) is 4.43 Å². The molecule has 0 saturated heterocycles. The Morgan fingerprint density at radius 2 is 2.00 bits per heavy atom. The highest BCUT2D eigenvalue weighted by Gasteiger charge is 2.19. The summed E-state index contributed by atoms with van der Waals surface area (Å²) in [6.45, 7) is 2.41. The highest BCUT2D eigenvalue weighted by Crippen LogP contribution is 2.30. The van der Waals surface area contributed by atoms with Gasteiger partial charge in [0.15, 0.2) is 0 Å². The van der Waals surface area contributed by atoms with E-state index in [0.717, 1.165) is 11.8 Å². The molecule has 1 aliphatic carbocycles. The van der Waals surface area contributed by atoms with Crippen molar-refractivity contribution in [2.75, 3.05) is 4.43 Å².